The number of carbonyl (C=O) groups is 4. The second-order valence-corrected chi connectivity index (χ2v) is 13.6. The number of amides is 3. The van der Waals surface area contributed by atoms with Crippen LogP contribution in [0.2, 0.25) is 5.02 Å². The zero-order valence-corrected chi connectivity index (χ0v) is 27.9. The lowest BCUT2D eigenvalue weighted by Crippen LogP contribution is -2.30. The topological polar surface area (TPSA) is 114 Å². The van der Waals surface area contributed by atoms with Crippen molar-refractivity contribution < 1.29 is 28.3 Å². The Morgan fingerprint density at radius 2 is 1.72 bits per heavy atom. The molecule has 0 saturated carbocycles. The fourth-order valence-electron chi connectivity index (χ4n) is 5.02. The summed E-state index contributed by atoms with van der Waals surface area (Å²) in [5, 5.41) is 8.24. The van der Waals surface area contributed by atoms with Crippen molar-refractivity contribution in [2.45, 2.75) is 42.8 Å². The summed E-state index contributed by atoms with van der Waals surface area (Å²) in [5.74, 6) is -2.69. The van der Waals surface area contributed by atoms with Crippen molar-refractivity contribution in [2.24, 2.45) is 0 Å². The van der Waals surface area contributed by atoms with Gasteiger partial charge in [0.1, 0.15) is 16.5 Å². The molecule has 8 nitrogen and oxygen atoms in total. The van der Waals surface area contributed by atoms with Gasteiger partial charge in [0.15, 0.2) is 0 Å². The standard InChI is InChI=1S/C35H31ClFN3O5S2/c1-20(31(41)40-34-30(35(44)45-2)24-14-6-7-17-29(24)47-34)46-23-13-8-12-22(18-23)38-33(43)28(19-25-26(36)15-9-16-27(25)37)39-32(42)21-10-4-3-5-11-21/h3-5,8-13,15-16,18-20H,6-7,14,17H2,1-2H3,(H,38,43)(H,39,42)(H,40,41)/b28-19+. The number of nitrogens with one attached hydrogen (secondary N) is 3. The van der Waals surface area contributed by atoms with E-state index in [-0.39, 0.29) is 22.2 Å². The Bertz CT molecular complexity index is 1840. The second kappa shape index (κ2) is 15.4. The van der Waals surface area contributed by atoms with Gasteiger partial charge < -0.3 is 20.7 Å². The molecule has 1 heterocycles. The molecule has 3 aromatic carbocycles. The van der Waals surface area contributed by atoms with Crippen molar-refractivity contribution in [2.75, 3.05) is 17.7 Å². The molecule has 0 radical (unpaired) electrons. The average Bonchev–Trinajstić information content (AvgIpc) is 3.43. The molecule has 47 heavy (non-hydrogen) atoms. The van der Waals surface area contributed by atoms with Crippen LogP contribution in [0.15, 0.2) is 83.4 Å². The summed E-state index contributed by atoms with van der Waals surface area (Å²) >= 11 is 8.89. The smallest absolute Gasteiger partial charge is 0.341 e. The summed E-state index contributed by atoms with van der Waals surface area (Å²) < 4.78 is 19.7. The van der Waals surface area contributed by atoms with Gasteiger partial charge in [-0.3, -0.25) is 14.4 Å². The molecular formula is C35H31ClFN3O5S2. The van der Waals surface area contributed by atoms with Gasteiger partial charge in [0, 0.05) is 26.6 Å². The van der Waals surface area contributed by atoms with Crippen molar-refractivity contribution >= 4 is 75.2 Å². The minimum atomic E-state index is -0.710. The van der Waals surface area contributed by atoms with Gasteiger partial charge in [0.05, 0.1) is 22.9 Å². The Morgan fingerprint density at radius 3 is 2.47 bits per heavy atom. The molecule has 1 aliphatic rings. The van der Waals surface area contributed by atoms with E-state index >= 15 is 0 Å². The molecule has 0 fully saturated rings. The number of thioether (sulfide) groups is 1. The lowest BCUT2D eigenvalue weighted by atomic mass is 9.95. The van der Waals surface area contributed by atoms with Crippen LogP contribution in [-0.4, -0.2) is 36.1 Å². The number of ether oxygens (including phenoxy) is 1. The van der Waals surface area contributed by atoms with Crippen LogP contribution in [0, 0.1) is 5.82 Å². The van der Waals surface area contributed by atoms with Gasteiger partial charge in [-0.1, -0.05) is 41.9 Å². The van der Waals surface area contributed by atoms with Crippen LogP contribution in [0.1, 0.15) is 56.5 Å². The summed E-state index contributed by atoms with van der Waals surface area (Å²) in [4.78, 5) is 54.1. The first kappa shape index (κ1) is 33.9. The molecule has 5 rings (SSSR count). The summed E-state index contributed by atoms with van der Waals surface area (Å²) in [7, 11) is 1.33. The third-order valence-electron chi connectivity index (χ3n) is 7.39. The number of hydrogen-bond donors (Lipinski definition) is 3. The maximum absolute atomic E-state index is 14.6. The van der Waals surface area contributed by atoms with E-state index in [0.717, 1.165) is 36.1 Å². The van der Waals surface area contributed by atoms with E-state index < -0.39 is 28.9 Å². The molecule has 0 aliphatic heterocycles. The number of thiophene rings is 1. The van der Waals surface area contributed by atoms with Crippen molar-refractivity contribution in [3.05, 3.63) is 116 Å². The Labute approximate surface area is 284 Å². The van der Waals surface area contributed by atoms with Crippen molar-refractivity contribution in [3.63, 3.8) is 0 Å². The van der Waals surface area contributed by atoms with Crippen LogP contribution in [0.3, 0.4) is 0 Å². The van der Waals surface area contributed by atoms with Gasteiger partial charge in [-0.15, -0.1) is 23.1 Å². The normalized spacial score (nSPS) is 13.2. The van der Waals surface area contributed by atoms with Gasteiger partial charge in [-0.25, -0.2) is 9.18 Å². The number of carbonyl (C=O) groups excluding carboxylic acids is 4. The van der Waals surface area contributed by atoms with Crippen LogP contribution >= 0.6 is 34.7 Å². The molecule has 3 N–H and O–H groups in total. The van der Waals surface area contributed by atoms with Gasteiger partial charge in [0.25, 0.3) is 11.8 Å². The first-order valence-corrected chi connectivity index (χ1v) is 16.9. The van der Waals surface area contributed by atoms with Gasteiger partial charge >= 0.3 is 5.97 Å². The van der Waals surface area contributed by atoms with E-state index in [1.165, 1.54) is 54.5 Å². The number of rotatable bonds is 10. The fourth-order valence-corrected chi connectivity index (χ4v) is 7.45. The predicted octanol–water partition coefficient (Wildman–Crippen LogP) is 7.73. The number of fused-ring (bicyclic) bond motifs is 1. The highest BCUT2D eigenvalue weighted by Gasteiger charge is 2.28. The van der Waals surface area contributed by atoms with Crippen molar-refractivity contribution in [3.8, 4) is 0 Å². The first-order chi connectivity index (χ1) is 22.6. The number of halogens is 2. The quantitative estimate of drug-likeness (QED) is 0.0891. The minimum Gasteiger partial charge on any atom is -0.465 e. The zero-order valence-electron chi connectivity index (χ0n) is 25.5. The van der Waals surface area contributed by atoms with Gasteiger partial charge in [-0.05, 0) is 86.7 Å². The number of anilines is 2. The average molecular weight is 692 g/mol. The summed E-state index contributed by atoms with van der Waals surface area (Å²) in [5.41, 5.74) is 1.79. The maximum Gasteiger partial charge on any atom is 0.341 e. The van der Waals surface area contributed by atoms with Crippen LogP contribution in [0.25, 0.3) is 6.08 Å². The lowest BCUT2D eigenvalue weighted by molar-refractivity contribution is -0.115. The highest BCUT2D eigenvalue weighted by molar-refractivity contribution is 8.00. The van der Waals surface area contributed by atoms with Gasteiger partial charge in [-0.2, -0.15) is 0 Å². The molecule has 3 amide bonds. The van der Waals surface area contributed by atoms with E-state index in [1.807, 2.05) is 0 Å². The van der Waals surface area contributed by atoms with Crippen LogP contribution in [0.5, 0.6) is 0 Å². The Kier molecular flexibility index (Phi) is 11.1. The number of benzene rings is 3. The molecular weight excluding hydrogens is 661 g/mol. The summed E-state index contributed by atoms with van der Waals surface area (Å²) in [6.45, 7) is 1.74. The largest absolute Gasteiger partial charge is 0.465 e. The molecule has 1 atom stereocenters. The van der Waals surface area contributed by atoms with E-state index in [9.17, 15) is 23.6 Å². The van der Waals surface area contributed by atoms with Crippen LogP contribution in [-0.2, 0) is 27.2 Å². The molecule has 12 heteroatoms. The van der Waals surface area contributed by atoms with E-state index in [1.54, 1.807) is 61.5 Å². The second-order valence-electron chi connectivity index (χ2n) is 10.7. The Balaban J connectivity index is 1.31. The zero-order chi connectivity index (χ0) is 33.5. The van der Waals surface area contributed by atoms with Crippen molar-refractivity contribution in [1.29, 1.82) is 0 Å². The molecule has 0 saturated heterocycles. The molecule has 1 aliphatic carbocycles. The lowest BCUT2D eigenvalue weighted by Gasteiger charge is -2.14. The number of esters is 1. The third-order valence-corrected chi connectivity index (χ3v) is 10.0. The van der Waals surface area contributed by atoms with E-state index in [4.69, 9.17) is 16.3 Å². The molecule has 4 aromatic rings. The summed E-state index contributed by atoms with van der Waals surface area (Å²) in [6, 6.07) is 19.2. The number of methoxy groups -OCH3 is 1. The fraction of sp³-hybridized carbons (Fsp3) is 0.200. The molecule has 0 bridgehead atoms. The Morgan fingerprint density at radius 1 is 0.979 bits per heavy atom. The number of aryl methyl sites for hydroxylation is 1. The monoisotopic (exact) mass is 691 g/mol. The van der Waals surface area contributed by atoms with Gasteiger partial charge in [0.2, 0.25) is 5.91 Å². The molecule has 0 spiro atoms. The highest BCUT2D eigenvalue weighted by atomic mass is 35.5. The first-order valence-electron chi connectivity index (χ1n) is 14.8. The van der Waals surface area contributed by atoms with E-state index in [2.05, 4.69) is 16.0 Å². The third kappa shape index (κ3) is 8.29. The van der Waals surface area contributed by atoms with Crippen LogP contribution in [0.4, 0.5) is 15.1 Å². The highest BCUT2D eigenvalue weighted by Crippen LogP contribution is 2.39. The van der Waals surface area contributed by atoms with Crippen molar-refractivity contribution in [1.82, 2.24) is 5.32 Å². The summed E-state index contributed by atoms with van der Waals surface area (Å²) in [6.07, 6.45) is 4.84. The molecule has 1 unspecified atom stereocenters. The number of hydrogen-bond acceptors (Lipinski definition) is 7. The van der Waals surface area contributed by atoms with Crippen LogP contribution < -0.4 is 16.0 Å². The Hall–Kier alpha value is -4.45. The maximum atomic E-state index is 14.6. The predicted molar refractivity (Wildman–Crippen MR) is 185 cm³/mol. The minimum absolute atomic E-state index is 0.0567. The van der Waals surface area contributed by atoms with E-state index in [0.29, 0.717) is 26.7 Å². The molecule has 242 valence electrons. The SMILES string of the molecule is COC(=O)c1c(NC(=O)C(C)Sc2cccc(NC(=O)/C(=C\c3c(F)cccc3Cl)NC(=O)c3ccccc3)c2)sc2c1CCCC2. The molecule has 1 aromatic heterocycles.